The Kier molecular flexibility index (Phi) is 7.53. The lowest BCUT2D eigenvalue weighted by Crippen LogP contribution is -2.11. The minimum Gasteiger partial charge on any atom is -0.456 e. The highest BCUT2D eigenvalue weighted by Gasteiger charge is 2.21. The minimum atomic E-state index is 0.871. The zero-order valence-corrected chi connectivity index (χ0v) is 30.6. The van der Waals surface area contributed by atoms with Gasteiger partial charge in [-0.25, -0.2) is 0 Å². The highest BCUT2D eigenvalue weighted by atomic mass is 16.3. The molecule has 11 rings (SSSR count). The number of benzene rings is 10. The van der Waals surface area contributed by atoms with Crippen LogP contribution in [0.4, 0.5) is 17.1 Å². The van der Waals surface area contributed by atoms with Crippen molar-refractivity contribution in [3.63, 3.8) is 0 Å². The number of anilines is 3. The molecule has 0 unspecified atom stereocenters. The normalized spacial score (nSPS) is 11.6. The topological polar surface area (TPSA) is 16.4 Å². The van der Waals surface area contributed by atoms with Crippen molar-refractivity contribution in [2.45, 2.75) is 0 Å². The Labute approximate surface area is 325 Å². The molecule has 0 atom stereocenters. The summed E-state index contributed by atoms with van der Waals surface area (Å²) in [5.41, 5.74) is 10.0. The molecular weight excluding hydrogens is 679 g/mol. The van der Waals surface area contributed by atoms with Gasteiger partial charge in [-0.15, -0.1) is 0 Å². The molecule has 11 aromatic rings. The second-order valence-electron chi connectivity index (χ2n) is 14.5. The number of rotatable bonds is 6. The van der Waals surface area contributed by atoms with Crippen LogP contribution < -0.4 is 4.90 Å². The number of nitrogens with zero attached hydrogens (tertiary/aromatic N) is 1. The van der Waals surface area contributed by atoms with Crippen LogP contribution in [0.3, 0.4) is 0 Å². The number of furan rings is 1. The summed E-state index contributed by atoms with van der Waals surface area (Å²) in [5, 5.41) is 10.9. The standard InChI is InChI=1S/C54H35NO/c1-2-13-38-32-39(25-24-36(38)12-1)37-26-28-44(29-27-37)55(52-34-41-14-3-5-18-45(41)47-19-7-9-22-50(47)52)51-31-30-46(48-20-6-8-21-49(48)51)40-16-11-17-42(33-40)54-35-43-15-4-10-23-53(43)56-54/h1-35H. The van der Waals surface area contributed by atoms with Crippen LogP contribution in [-0.2, 0) is 0 Å². The SMILES string of the molecule is c1cc(-c2cc3ccccc3o2)cc(-c2ccc(N(c3ccc(-c4ccc5ccccc5c4)cc3)c3cc4ccccc4c4ccccc34)c3ccccc23)c1. The summed E-state index contributed by atoms with van der Waals surface area (Å²) in [6, 6.07) is 76.6. The van der Waals surface area contributed by atoms with E-state index in [1.165, 1.54) is 59.8 Å². The highest BCUT2D eigenvalue weighted by Crippen LogP contribution is 2.46. The largest absolute Gasteiger partial charge is 0.456 e. The zero-order chi connectivity index (χ0) is 37.0. The third-order valence-electron chi connectivity index (χ3n) is 11.2. The summed E-state index contributed by atoms with van der Waals surface area (Å²) in [4.78, 5) is 2.45. The molecule has 262 valence electrons. The smallest absolute Gasteiger partial charge is 0.135 e. The van der Waals surface area contributed by atoms with E-state index in [-0.39, 0.29) is 0 Å². The van der Waals surface area contributed by atoms with Gasteiger partial charge >= 0.3 is 0 Å². The van der Waals surface area contributed by atoms with Crippen molar-refractivity contribution >= 4 is 71.1 Å². The molecule has 0 spiro atoms. The molecule has 10 aromatic carbocycles. The molecule has 1 heterocycles. The van der Waals surface area contributed by atoms with Crippen molar-refractivity contribution in [3.05, 3.63) is 212 Å². The highest BCUT2D eigenvalue weighted by molar-refractivity contribution is 6.16. The van der Waals surface area contributed by atoms with Crippen molar-refractivity contribution in [2.75, 3.05) is 4.90 Å². The van der Waals surface area contributed by atoms with Gasteiger partial charge in [-0.3, -0.25) is 0 Å². The van der Waals surface area contributed by atoms with Crippen LogP contribution >= 0.6 is 0 Å². The summed E-state index contributed by atoms with van der Waals surface area (Å²) < 4.78 is 6.30. The van der Waals surface area contributed by atoms with Crippen molar-refractivity contribution in [2.24, 2.45) is 0 Å². The van der Waals surface area contributed by atoms with E-state index in [0.29, 0.717) is 0 Å². The number of hydrogen-bond donors (Lipinski definition) is 0. The third kappa shape index (κ3) is 5.42. The molecule has 0 aliphatic carbocycles. The molecule has 56 heavy (non-hydrogen) atoms. The number of para-hydroxylation sites is 1. The number of fused-ring (bicyclic) bond motifs is 6. The van der Waals surface area contributed by atoms with Crippen molar-refractivity contribution < 1.29 is 4.42 Å². The second kappa shape index (κ2) is 13.2. The summed E-state index contributed by atoms with van der Waals surface area (Å²) in [6.07, 6.45) is 0. The Morgan fingerprint density at radius 1 is 0.304 bits per heavy atom. The summed E-state index contributed by atoms with van der Waals surface area (Å²) >= 11 is 0. The van der Waals surface area contributed by atoms with E-state index in [0.717, 1.165) is 44.9 Å². The monoisotopic (exact) mass is 713 g/mol. The van der Waals surface area contributed by atoms with Crippen LogP contribution in [0, 0.1) is 0 Å². The minimum absolute atomic E-state index is 0.871. The fraction of sp³-hybridized carbons (Fsp3) is 0. The lowest BCUT2D eigenvalue weighted by Gasteiger charge is -2.29. The van der Waals surface area contributed by atoms with Crippen LogP contribution in [-0.4, -0.2) is 0 Å². The van der Waals surface area contributed by atoms with E-state index in [4.69, 9.17) is 4.42 Å². The van der Waals surface area contributed by atoms with Crippen LogP contribution in [0.25, 0.3) is 87.6 Å². The lowest BCUT2D eigenvalue weighted by molar-refractivity contribution is 0.631. The summed E-state index contributed by atoms with van der Waals surface area (Å²) in [6.45, 7) is 0. The lowest BCUT2D eigenvalue weighted by atomic mass is 9.94. The van der Waals surface area contributed by atoms with E-state index in [1.54, 1.807) is 0 Å². The molecule has 0 saturated carbocycles. The Balaban J connectivity index is 1.10. The average molecular weight is 714 g/mol. The van der Waals surface area contributed by atoms with Gasteiger partial charge in [-0.1, -0.05) is 164 Å². The summed E-state index contributed by atoms with van der Waals surface area (Å²) in [7, 11) is 0. The molecule has 1 aromatic heterocycles. The van der Waals surface area contributed by atoms with Gasteiger partial charge in [0.25, 0.3) is 0 Å². The maximum Gasteiger partial charge on any atom is 0.135 e. The number of hydrogen-bond acceptors (Lipinski definition) is 2. The first-order valence-electron chi connectivity index (χ1n) is 19.2. The maximum atomic E-state index is 6.30. The molecule has 0 fully saturated rings. The van der Waals surface area contributed by atoms with E-state index in [2.05, 4.69) is 205 Å². The van der Waals surface area contributed by atoms with Gasteiger partial charge in [-0.2, -0.15) is 0 Å². The molecular formula is C54H35NO. The first-order valence-corrected chi connectivity index (χ1v) is 19.2. The molecule has 0 radical (unpaired) electrons. The fourth-order valence-electron chi connectivity index (χ4n) is 8.49. The van der Waals surface area contributed by atoms with E-state index < -0.39 is 0 Å². The van der Waals surface area contributed by atoms with Crippen LogP contribution in [0.15, 0.2) is 217 Å². The third-order valence-corrected chi connectivity index (χ3v) is 11.2. The first kappa shape index (κ1) is 32.0. The molecule has 0 amide bonds. The van der Waals surface area contributed by atoms with Crippen LogP contribution in [0.1, 0.15) is 0 Å². The quantitative estimate of drug-likeness (QED) is 0.160. The zero-order valence-electron chi connectivity index (χ0n) is 30.6. The van der Waals surface area contributed by atoms with E-state index in [1.807, 2.05) is 12.1 Å². The molecule has 2 nitrogen and oxygen atoms in total. The molecule has 0 aliphatic heterocycles. The van der Waals surface area contributed by atoms with Crippen molar-refractivity contribution in [1.29, 1.82) is 0 Å². The first-order chi connectivity index (χ1) is 27.7. The molecule has 0 saturated heterocycles. The fourth-order valence-corrected chi connectivity index (χ4v) is 8.49. The Hall–Kier alpha value is -7.42. The van der Waals surface area contributed by atoms with Gasteiger partial charge in [0.15, 0.2) is 0 Å². The second-order valence-corrected chi connectivity index (χ2v) is 14.5. The van der Waals surface area contributed by atoms with Gasteiger partial charge in [0.05, 0.1) is 11.4 Å². The maximum absolute atomic E-state index is 6.30. The molecule has 0 bridgehead atoms. The van der Waals surface area contributed by atoms with Crippen molar-refractivity contribution in [1.82, 2.24) is 0 Å². The van der Waals surface area contributed by atoms with Gasteiger partial charge in [0, 0.05) is 27.4 Å². The van der Waals surface area contributed by atoms with Gasteiger partial charge in [0.1, 0.15) is 11.3 Å². The van der Waals surface area contributed by atoms with Crippen LogP contribution in [0.5, 0.6) is 0 Å². The molecule has 0 aliphatic rings. The van der Waals surface area contributed by atoms with E-state index in [9.17, 15) is 0 Å². The predicted octanol–water partition coefficient (Wildman–Crippen LogP) is 15.5. The summed E-state index contributed by atoms with van der Waals surface area (Å²) in [5.74, 6) is 0.871. The Bertz CT molecular complexity index is 3230. The Morgan fingerprint density at radius 2 is 0.929 bits per heavy atom. The van der Waals surface area contributed by atoms with Gasteiger partial charge in [0.2, 0.25) is 0 Å². The van der Waals surface area contributed by atoms with Gasteiger partial charge in [-0.05, 0) is 103 Å². The molecule has 0 N–H and O–H groups in total. The average Bonchev–Trinajstić information content (AvgIpc) is 3.72. The van der Waals surface area contributed by atoms with Crippen molar-refractivity contribution in [3.8, 4) is 33.6 Å². The molecule has 2 heteroatoms. The van der Waals surface area contributed by atoms with E-state index >= 15 is 0 Å². The predicted molar refractivity (Wildman–Crippen MR) is 237 cm³/mol. The van der Waals surface area contributed by atoms with Gasteiger partial charge < -0.3 is 9.32 Å². The van der Waals surface area contributed by atoms with Crippen LogP contribution in [0.2, 0.25) is 0 Å². The Morgan fingerprint density at radius 3 is 1.73 bits per heavy atom.